The first kappa shape index (κ1) is 7.43. The highest BCUT2D eigenvalue weighted by molar-refractivity contribution is 7.80. The summed E-state index contributed by atoms with van der Waals surface area (Å²) in [5, 5.41) is 0. The summed E-state index contributed by atoms with van der Waals surface area (Å²) in [6.07, 6.45) is 3.97. The van der Waals surface area contributed by atoms with E-state index in [0.29, 0.717) is 11.8 Å². The van der Waals surface area contributed by atoms with Gasteiger partial charge in [-0.3, -0.25) is 0 Å². The van der Waals surface area contributed by atoms with Gasteiger partial charge in [-0.15, -0.1) is 0 Å². The standard InChI is InChI=1S/C10H13FS/c11-9-6-1-5-2-7(4-6)10(12)8(9)3-5/h5-9H,1-4H2/t5?,6?,7?,8?,9-/m0/s1. The van der Waals surface area contributed by atoms with Crippen molar-refractivity contribution in [2.45, 2.75) is 31.9 Å². The fourth-order valence-electron chi connectivity index (χ4n) is 3.56. The molecule has 4 aliphatic carbocycles. The molecule has 2 heteroatoms. The SMILES string of the molecule is F[C@H]1C2CC3CC(C2)C(=S)C1C3. The molecular weight excluding hydrogens is 171 g/mol. The molecule has 0 amide bonds. The highest BCUT2D eigenvalue weighted by Gasteiger charge is 2.51. The van der Waals surface area contributed by atoms with Crippen LogP contribution in [0.25, 0.3) is 0 Å². The number of rotatable bonds is 0. The van der Waals surface area contributed by atoms with Gasteiger partial charge < -0.3 is 0 Å². The molecule has 0 N–H and O–H groups in total. The summed E-state index contributed by atoms with van der Waals surface area (Å²) < 4.78 is 13.6. The second-order valence-corrected chi connectivity index (χ2v) is 5.19. The zero-order valence-corrected chi connectivity index (χ0v) is 7.82. The predicted octanol–water partition coefficient (Wildman–Crippen LogP) is 2.76. The Morgan fingerprint density at radius 3 is 2.83 bits per heavy atom. The van der Waals surface area contributed by atoms with E-state index in [0.717, 1.165) is 30.0 Å². The Morgan fingerprint density at radius 2 is 2.00 bits per heavy atom. The molecule has 4 bridgehead atoms. The molecule has 0 aromatic carbocycles. The van der Waals surface area contributed by atoms with E-state index in [2.05, 4.69) is 0 Å². The molecule has 12 heavy (non-hydrogen) atoms. The average Bonchev–Trinajstić information content (AvgIpc) is 2.07. The minimum atomic E-state index is -0.578. The topological polar surface area (TPSA) is 0 Å². The van der Waals surface area contributed by atoms with Crippen LogP contribution in [0.15, 0.2) is 0 Å². The average molecular weight is 184 g/mol. The van der Waals surface area contributed by atoms with Crippen molar-refractivity contribution in [2.24, 2.45) is 23.7 Å². The van der Waals surface area contributed by atoms with Crippen LogP contribution < -0.4 is 0 Å². The van der Waals surface area contributed by atoms with Gasteiger partial charge in [-0.1, -0.05) is 12.2 Å². The zero-order valence-electron chi connectivity index (χ0n) is 7.00. The minimum absolute atomic E-state index is 0.177. The van der Waals surface area contributed by atoms with Crippen LogP contribution in [0.4, 0.5) is 4.39 Å². The van der Waals surface area contributed by atoms with Gasteiger partial charge >= 0.3 is 0 Å². The van der Waals surface area contributed by atoms with Gasteiger partial charge in [0.15, 0.2) is 0 Å². The second kappa shape index (κ2) is 2.28. The molecule has 0 heterocycles. The van der Waals surface area contributed by atoms with E-state index in [4.69, 9.17) is 12.2 Å². The third-order valence-electron chi connectivity index (χ3n) is 4.03. The monoisotopic (exact) mass is 184 g/mol. The molecule has 0 nitrogen and oxygen atoms in total. The molecule has 4 aliphatic rings. The molecule has 4 fully saturated rings. The Labute approximate surface area is 77.5 Å². The molecule has 0 radical (unpaired) electrons. The van der Waals surface area contributed by atoms with Gasteiger partial charge in [0, 0.05) is 10.8 Å². The van der Waals surface area contributed by atoms with Gasteiger partial charge in [-0.25, -0.2) is 4.39 Å². The lowest BCUT2D eigenvalue weighted by atomic mass is 9.55. The van der Waals surface area contributed by atoms with Crippen LogP contribution in [0.2, 0.25) is 0 Å². The molecule has 4 saturated carbocycles. The Balaban J connectivity index is 1.98. The molecule has 0 spiro atoms. The molecular formula is C10H13FS. The van der Waals surface area contributed by atoms with Crippen molar-refractivity contribution in [2.75, 3.05) is 0 Å². The third-order valence-corrected chi connectivity index (χ3v) is 4.67. The van der Waals surface area contributed by atoms with Crippen molar-refractivity contribution in [3.05, 3.63) is 0 Å². The molecule has 0 aromatic rings. The molecule has 5 atom stereocenters. The maximum atomic E-state index is 13.6. The van der Waals surface area contributed by atoms with Crippen molar-refractivity contribution in [3.8, 4) is 0 Å². The van der Waals surface area contributed by atoms with Gasteiger partial charge in [0.25, 0.3) is 0 Å². The lowest BCUT2D eigenvalue weighted by Crippen LogP contribution is -2.51. The summed E-state index contributed by atoms with van der Waals surface area (Å²) in [5.41, 5.74) is 0. The van der Waals surface area contributed by atoms with Gasteiger partial charge in [-0.05, 0) is 43.4 Å². The lowest BCUT2D eigenvalue weighted by Gasteiger charge is -2.51. The number of hydrogen-bond donors (Lipinski definition) is 0. The van der Waals surface area contributed by atoms with Gasteiger partial charge in [0.05, 0.1) is 0 Å². The molecule has 4 rings (SSSR count). The number of hydrogen-bond acceptors (Lipinski definition) is 1. The number of halogens is 1. The largest absolute Gasteiger partial charge is 0.246 e. The van der Waals surface area contributed by atoms with E-state index in [1.807, 2.05) is 0 Å². The van der Waals surface area contributed by atoms with E-state index in [1.54, 1.807) is 0 Å². The summed E-state index contributed by atoms with van der Waals surface area (Å²) >= 11 is 5.31. The zero-order chi connectivity index (χ0) is 8.29. The highest BCUT2D eigenvalue weighted by Crippen LogP contribution is 2.53. The van der Waals surface area contributed by atoms with E-state index < -0.39 is 6.17 Å². The summed E-state index contributed by atoms with van der Waals surface area (Å²) in [5.74, 6) is 1.99. The maximum absolute atomic E-state index is 13.6. The van der Waals surface area contributed by atoms with Crippen LogP contribution in [-0.4, -0.2) is 11.0 Å². The predicted molar refractivity (Wildman–Crippen MR) is 49.9 cm³/mol. The van der Waals surface area contributed by atoms with E-state index in [-0.39, 0.29) is 5.92 Å². The van der Waals surface area contributed by atoms with Crippen molar-refractivity contribution in [1.29, 1.82) is 0 Å². The summed E-state index contributed by atoms with van der Waals surface area (Å²) in [6, 6.07) is 0. The van der Waals surface area contributed by atoms with Crippen LogP contribution in [0.5, 0.6) is 0 Å². The van der Waals surface area contributed by atoms with Crippen molar-refractivity contribution in [1.82, 2.24) is 0 Å². The maximum Gasteiger partial charge on any atom is 0.110 e. The Kier molecular flexibility index (Phi) is 1.41. The number of thiocarbonyl (C=S) groups is 1. The first-order valence-electron chi connectivity index (χ1n) is 4.93. The minimum Gasteiger partial charge on any atom is -0.246 e. The Hall–Kier alpha value is 0.0200. The Bertz CT molecular complexity index is 238. The molecule has 0 aromatic heterocycles. The van der Waals surface area contributed by atoms with Crippen LogP contribution in [0.1, 0.15) is 25.7 Å². The van der Waals surface area contributed by atoms with E-state index in [1.165, 1.54) is 6.42 Å². The van der Waals surface area contributed by atoms with Gasteiger partial charge in [-0.2, -0.15) is 0 Å². The molecule has 66 valence electrons. The lowest BCUT2D eigenvalue weighted by molar-refractivity contribution is 0.0222. The normalized spacial score (nSPS) is 56.4. The number of alkyl halides is 1. The summed E-state index contributed by atoms with van der Waals surface area (Å²) in [6.45, 7) is 0. The van der Waals surface area contributed by atoms with Crippen molar-refractivity contribution in [3.63, 3.8) is 0 Å². The van der Waals surface area contributed by atoms with Gasteiger partial charge in [0.2, 0.25) is 0 Å². The quantitative estimate of drug-likeness (QED) is 0.522. The molecule has 4 unspecified atom stereocenters. The summed E-state index contributed by atoms with van der Waals surface area (Å²) in [7, 11) is 0. The van der Waals surface area contributed by atoms with Crippen LogP contribution in [0.3, 0.4) is 0 Å². The van der Waals surface area contributed by atoms with Gasteiger partial charge in [0.1, 0.15) is 6.17 Å². The molecule has 0 saturated heterocycles. The fourth-order valence-corrected chi connectivity index (χ4v) is 3.98. The summed E-state index contributed by atoms with van der Waals surface area (Å²) in [4.78, 5) is 1.08. The third kappa shape index (κ3) is 0.795. The fraction of sp³-hybridized carbons (Fsp3) is 0.900. The van der Waals surface area contributed by atoms with E-state index >= 15 is 0 Å². The molecule has 0 aliphatic heterocycles. The first-order chi connectivity index (χ1) is 5.75. The van der Waals surface area contributed by atoms with Crippen LogP contribution >= 0.6 is 12.2 Å². The first-order valence-corrected chi connectivity index (χ1v) is 5.34. The van der Waals surface area contributed by atoms with Crippen LogP contribution in [-0.2, 0) is 0 Å². The second-order valence-electron chi connectivity index (χ2n) is 4.72. The van der Waals surface area contributed by atoms with Crippen molar-refractivity contribution < 1.29 is 4.39 Å². The van der Waals surface area contributed by atoms with Crippen molar-refractivity contribution >= 4 is 17.1 Å². The highest BCUT2D eigenvalue weighted by atomic mass is 32.1. The van der Waals surface area contributed by atoms with E-state index in [9.17, 15) is 4.39 Å². The smallest absolute Gasteiger partial charge is 0.110 e. The van der Waals surface area contributed by atoms with Crippen LogP contribution in [0, 0.1) is 23.7 Å². The Morgan fingerprint density at radius 1 is 1.17 bits per heavy atom.